The van der Waals surface area contributed by atoms with Crippen molar-refractivity contribution in [3.8, 4) is 0 Å². The number of hydrogen-bond acceptors (Lipinski definition) is 13. The third kappa shape index (κ3) is 6.07. The van der Waals surface area contributed by atoms with Gasteiger partial charge in [-0.3, -0.25) is 18.9 Å². The first-order chi connectivity index (χ1) is 15.6. The van der Waals surface area contributed by atoms with Gasteiger partial charge in [-0.15, -0.1) is 0 Å². The lowest BCUT2D eigenvalue weighted by atomic mass is 10.1. The first-order valence-electron chi connectivity index (χ1n) is 8.51. The molecule has 2 aromatic rings. The summed E-state index contributed by atoms with van der Waals surface area (Å²) in [7, 11) is -16.9. The Hall–Kier alpha value is -2.21. The molecule has 0 aromatic carbocycles. The van der Waals surface area contributed by atoms with Gasteiger partial charge in [0.2, 0.25) is 5.95 Å². The number of aromatic nitrogens is 4. The fraction of sp³-hybridized carbons (Fsp3) is 0.500. The van der Waals surface area contributed by atoms with Crippen molar-refractivity contribution in [3.05, 3.63) is 27.1 Å². The lowest BCUT2D eigenvalue weighted by Crippen LogP contribution is -2.32. The summed E-state index contributed by atoms with van der Waals surface area (Å²) in [5.41, 5.74) is 13.3. The number of ether oxygens (including phenoxy) is 1. The molecule has 2 aromatic heterocycles. The normalized spacial score (nSPS) is 26.6. The summed E-state index contributed by atoms with van der Waals surface area (Å²) >= 11 is 0. The molecule has 34 heavy (non-hydrogen) atoms. The second-order valence-corrected chi connectivity index (χ2v) is 10.8. The SMILES string of the molecule is [N-]=[N+]=NC1[C@@H](O)[C@@H](COP(=O)(O)OP(=O)(O)OP(=O)(O)O)O[C@H]1n1cnc2c(=O)[nH]c(N)nc21. The van der Waals surface area contributed by atoms with Crippen molar-refractivity contribution >= 4 is 40.6 Å². The smallest absolute Gasteiger partial charge is 0.390 e. The second-order valence-electron chi connectivity index (χ2n) is 6.41. The van der Waals surface area contributed by atoms with E-state index in [2.05, 4.69) is 38.1 Å². The number of H-pyrrole nitrogens is 1. The Morgan fingerprint density at radius 1 is 1.26 bits per heavy atom. The summed E-state index contributed by atoms with van der Waals surface area (Å²) in [6.07, 6.45) is -3.56. The van der Waals surface area contributed by atoms with Crippen LogP contribution >= 0.6 is 23.5 Å². The van der Waals surface area contributed by atoms with E-state index in [1.807, 2.05) is 0 Å². The summed E-state index contributed by atoms with van der Waals surface area (Å²) in [5, 5.41) is 13.8. The molecule has 24 heteroatoms. The molecule has 21 nitrogen and oxygen atoms in total. The Balaban J connectivity index is 1.81. The molecule has 1 saturated heterocycles. The van der Waals surface area contributed by atoms with Gasteiger partial charge >= 0.3 is 23.5 Å². The van der Waals surface area contributed by atoms with Gasteiger partial charge in [0.25, 0.3) is 5.56 Å². The van der Waals surface area contributed by atoms with E-state index in [0.717, 1.165) is 10.9 Å². The number of aliphatic hydroxyl groups excluding tert-OH is 1. The van der Waals surface area contributed by atoms with E-state index in [4.69, 9.17) is 30.7 Å². The number of imidazole rings is 1. The topological polar surface area (TPSA) is 328 Å². The maximum atomic E-state index is 12.0. The number of nitrogens with zero attached hydrogens (tertiary/aromatic N) is 6. The molecule has 0 aliphatic carbocycles. The van der Waals surface area contributed by atoms with Crippen LogP contribution in [0.25, 0.3) is 21.6 Å². The number of hydrogen-bond donors (Lipinski definition) is 7. The third-order valence-corrected chi connectivity index (χ3v) is 7.87. The number of anilines is 1. The zero-order valence-corrected chi connectivity index (χ0v) is 18.9. The molecule has 1 fully saturated rings. The maximum Gasteiger partial charge on any atom is 0.490 e. The van der Waals surface area contributed by atoms with Crippen molar-refractivity contribution in [1.29, 1.82) is 0 Å². The molecule has 0 saturated carbocycles. The highest BCUT2D eigenvalue weighted by molar-refractivity contribution is 7.66. The van der Waals surface area contributed by atoms with Gasteiger partial charge in [-0.25, -0.2) is 18.7 Å². The number of fused-ring (bicyclic) bond motifs is 1. The number of nitrogen functional groups attached to an aromatic ring is 1. The number of nitrogens with one attached hydrogen (secondary N) is 1. The zero-order chi connectivity index (χ0) is 25.5. The molecular formula is C10H15N8O13P3. The fourth-order valence-electron chi connectivity index (χ4n) is 2.88. The lowest BCUT2D eigenvalue weighted by Gasteiger charge is -2.19. The summed E-state index contributed by atoms with van der Waals surface area (Å²) in [5.74, 6) is -0.290. The predicted octanol–water partition coefficient (Wildman–Crippen LogP) is -1.02. The van der Waals surface area contributed by atoms with E-state index in [9.17, 15) is 28.5 Å². The van der Waals surface area contributed by atoms with Crippen molar-refractivity contribution < 1.29 is 56.3 Å². The van der Waals surface area contributed by atoms with E-state index in [0.29, 0.717) is 0 Å². The molecule has 3 heterocycles. The van der Waals surface area contributed by atoms with Crippen LogP contribution in [0, 0.1) is 0 Å². The Bertz CT molecular complexity index is 1330. The van der Waals surface area contributed by atoms with E-state index in [1.54, 1.807) is 0 Å². The molecule has 1 aliphatic heterocycles. The molecule has 0 spiro atoms. The highest BCUT2D eigenvalue weighted by atomic mass is 31.3. The fourth-order valence-corrected chi connectivity index (χ4v) is 5.91. The third-order valence-electron chi connectivity index (χ3n) is 4.06. The highest BCUT2D eigenvalue weighted by Gasteiger charge is 2.47. The molecule has 188 valence electrons. The second kappa shape index (κ2) is 9.44. The average molecular weight is 548 g/mol. The van der Waals surface area contributed by atoms with Gasteiger partial charge in [0.1, 0.15) is 18.4 Å². The van der Waals surface area contributed by atoms with Crippen molar-refractivity contribution in [2.45, 2.75) is 24.5 Å². The van der Waals surface area contributed by atoms with Gasteiger partial charge in [0.05, 0.1) is 19.0 Å². The Morgan fingerprint density at radius 2 is 1.94 bits per heavy atom. The van der Waals surface area contributed by atoms with Crippen molar-refractivity contribution in [2.24, 2.45) is 5.11 Å². The van der Waals surface area contributed by atoms with Gasteiger partial charge < -0.3 is 35.2 Å². The van der Waals surface area contributed by atoms with E-state index < -0.39 is 60.1 Å². The minimum absolute atomic E-state index is 0.120. The average Bonchev–Trinajstić information content (AvgIpc) is 3.19. The molecular weight excluding hydrogens is 533 g/mol. The number of rotatable bonds is 9. The molecule has 0 bridgehead atoms. The quantitative estimate of drug-likeness (QED) is 0.0853. The van der Waals surface area contributed by atoms with Crippen LogP contribution in [-0.2, 0) is 31.6 Å². The van der Waals surface area contributed by atoms with Crippen LogP contribution < -0.4 is 11.3 Å². The summed E-state index contributed by atoms with van der Waals surface area (Å²) < 4.78 is 52.1. The summed E-state index contributed by atoms with van der Waals surface area (Å²) in [4.78, 5) is 60.3. The molecule has 1 aliphatic rings. The Labute approximate surface area is 186 Å². The van der Waals surface area contributed by atoms with Crippen LogP contribution in [0.1, 0.15) is 6.23 Å². The van der Waals surface area contributed by atoms with Crippen molar-refractivity contribution in [3.63, 3.8) is 0 Å². The standard InChI is InChI=1S/C10H15N8O13P3/c11-10-14-7-5(8(20)15-10)13-2-18(7)9-4(16-17-12)6(19)3(29-9)1-28-33(24,25)31-34(26,27)30-32(21,22)23/h2-4,6,9,19H,1H2,(H,24,25)(H,26,27)(H2,21,22,23)(H3,11,14,15,20)/t3-,4?,6+,9-/m1/s1. The largest absolute Gasteiger partial charge is 0.490 e. The Morgan fingerprint density at radius 3 is 2.56 bits per heavy atom. The van der Waals surface area contributed by atoms with Crippen LogP contribution in [0.3, 0.4) is 0 Å². The predicted molar refractivity (Wildman–Crippen MR) is 105 cm³/mol. The maximum absolute atomic E-state index is 12.0. The van der Waals surface area contributed by atoms with Gasteiger partial charge in [0, 0.05) is 4.91 Å². The minimum Gasteiger partial charge on any atom is -0.390 e. The van der Waals surface area contributed by atoms with Crippen LogP contribution in [0.4, 0.5) is 5.95 Å². The number of azide groups is 1. The Kier molecular flexibility index (Phi) is 7.33. The van der Waals surface area contributed by atoms with E-state index in [1.165, 1.54) is 0 Å². The molecule has 0 amide bonds. The monoisotopic (exact) mass is 548 g/mol. The van der Waals surface area contributed by atoms with Crippen molar-refractivity contribution in [1.82, 2.24) is 19.5 Å². The number of aromatic amines is 1. The van der Waals surface area contributed by atoms with E-state index >= 15 is 0 Å². The van der Waals surface area contributed by atoms with Crippen LogP contribution in [0.15, 0.2) is 16.2 Å². The molecule has 3 unspecified atom stereocenters. The summed E-state index contributed by atoms with van der Waals surface area (Å²) in [6.45, 7) is -1.03. The van der Waals surface area contributed by atoms with Crippen LogP contribution in [-0.4, -0.2) is 69.1 Å². The highest BCUT2D eigenvalue weighted by Crippen LogP contribution is 2.66. The van der Waals surface area contributed by atoms with Gasteiger partial charge in [-0.2, -0.15) is 13.6 Å². The van der Waals surface area contributed by atoms with Crippen LogP contribution in [0.2, 0.25) is 0 Å². The minimum atomic E-state index is -5.76. The number of phosphoric ester groups is 1. The van der Waals surface area contributed by atoms with Gasteiger partial charge in [-0.1, -0.05) is 5.11 Å². The molecule has 8 N–H and O–H groups in total. The van der Waals surface area contributed by atoms with Gasteiger partial charge in [0.15, 0.2) is 11.2 Å². The number of nitrogens with two attached hydrogens (primary N) is 1. The number of phosphoric acid groups is 3. The van der Waals surface area contributed by atoms with E-state index in [-0.39, 0.29) is 17.1 Å². The first kappa shape index (κ1) is 26.4. The molecule has 3 rings (SSSR count). The summed E-state index contributed by atoms with van der Waals surface area (Å²) in [6, 6.07) is -1.42. The molecule has 0 radical (unpaired) electrons. The molecule has 6 atom stereocenters. The van der Waals surface area contributed by atoms with Gasteiger partial charge in [-0.05, 0) is 5.53 Å². The number of aliphatic hydroxyl groups is 1. The van der Waals surface area contributed by atoms with Crippen molar-refractivity contribution in [2.75, 3.05) is 12.3 Å². The lowest BCUT2D eigenvalue weighted by molar-refractivity contribution is -0.0428. The first-order valence-corrected chi connectivity index (χ1v) is 13.0. The van der Waals surface area contributed by atoms with Crippen LogP contribution in [0.5, 0.6) is 0 Å². The zero-order valence-electron chi connectivity index (χ0n) is 16.2.